The summed E-state index contributed by atoms with van der Waals surface area (Å²) in [5.41, 5.74) is -0.115. The van der Waals surface area contributed by atoms with E-state index in [4.69, 9.17) is 0 Å². The van der Waals surface area contributed by atoms with Gasteiger partial charge in [-0.05, 0) is 50.0 Å². The molecule has 0 bridgehead atoms. The first kappa shape index (κ1) is 18.8. The first-order valence-electron chi connectivity index (χ1n) is 9.06. The number of carbonyl (C=O) groups is 3. The lowest BCUT2D eigenvalue weighted by Crippen LogP contribution is -2.49. The SMILES string of the molecule is CCC1CCC2(CC1)NC(=O)N(CC(=O)Nc1ccccc1SC)C2=O. The summed E-state index contributed by atoms with van der Waals surface area (Å²) in [5, 5.41) is 5.66. The first-order chi connectivity index (χ1) is 12.5. The number of hydrogen-bond donors (Lipinski definition) is 2. The third kappa shape index (κ3) is 3.58. The average molecular weight is 375 g/mol. The van der Waals surface area contributed by atoms with Crippen LogP contribution in [0.3, 0.4) is 0 Å². The van der Waals surface area contributed by atoms with Gasteiger partial charge >= 0.3 is 6.03 Å². The topological polar surface area (TPSA) is 78.5 Å². The molecule has 1 aromatic rings. The Morgan fingerprint density at radius 3 is 2.65 bits per heavy atom. The van der Waals surface area contributed by atoms with Crippen LogP contribution in [0.4, 0.5) is 10.5 Å². The average Bonchev–Trinajstić information content (AvgIpc) is 2.87. The van der Waals surface area contributed by atoms with Crippen LogP contribution >= 0.6 is 11.8 Å². The van der Waals surface area contributed by atoms with Gasteiger partial charge in [0.05, 0.1) is 5.69 Å². The third-order valence-electron chi connectivity index (χ3n) is 5.46. The number of benzene rings is 1. The molecule has 1 heterocycles. The standard InChI is InChI=1S/C19H25N3O3S/c1-3-13-8-10-19(11-9-13)17(24)22(18(25)21-19)12-16(23)20-14-6-4-5-7-15(14)26-2/h4-7,13H,3,8-12H2,1-2H3,(H,20,23)(H,21,25). The van der Waals surface area contributed by atoms with Gasteiger partial charge in [-0.2, -0.15) is 0 Å². The van der Waals surface area contributed by atoms with Crippen molar-refractivity contribution in [3.05, 3.63) is 24.3 Å². The molecule has 1 aliphatic heterocycles. The third-order valence-corrected chi connectivity index (χ3v) is 6.26. The van der Waals surface area contributed by atoms with E-state index in [1.54, 1.807) is 0 Å². The minimum atomic E-state index is -0.805. The van der Waals surface area contributed by atoms with E-state index in [0.717, 1.165) is 29.1 Å². The van der Waals surface area contributed by atoms with Gasteiger partial charge in [-0.15, -0.1) is 11.8 Å². The predicted molar refractivity (Wildman–Crippen MR) is 102 cm³/mol. The minimum Gasteiger partial charge on any atom is -0.324 e. The van der Waals surface area contributed by atoms with Crippen molar-refractivity contribution < 1.29 is 14.4 Å². The van der Waals surface area contributed by atoms with Crippen LogP contribution in [0.2, 0.25) is 0 Å². The summed E-state index contributed by atoms with van der Waals surface area (Å²) in [6, 6.07) is 7.00. The Labute approximate surface area is 158 Å². The van der Waals surface area contributed by atoms with Gasteiger partial charge in [0, 0.05) is 4.90 Å². The zero-order valence-corrected chi connectivity index (χ0v) is 16.0. The van der Waals surface area contributed by atoms with Crippen molar-refractivity contribution in [1.82, 2.24) is 10.2 Å². The number of para-hydroxylation sites is 1. The van der Waals surface area contributed by atoms with E-state index in [1.165, 1.54) is 11.8 Å². The lowest BCUT2D eigenvalue weighted by atomic mass is 9.75. The molecule has 3 rings (SSSR count). The molecule has 1 saturated carbocycles. The molecule has 1 spiro atoms. The van der Waals surface area contributed by atoms with E-state index in [9.17, 15) is 14.4 Å². The van der Waals surface area contributed by atoms with Crippen LogP contribution in [0.25, 0.3) is 0 Å². The number of imide groups is 1. The summed E-state index contributed by atoms with van der Waals surface area (Å²) in [6.07, 6.45) is 6.21. The summed E-state index contributed by atoms with van der Waals surface area (Å²) in [5.74, 6) is -0.00892. The van der Waals surface area contributed by atoms with E-state index in [0.29, 0.717) is 24.4 Å². The van der Waals surface area contributed by atoms with Crippen molar-refractivity contribution in [3.8, 4) is 0 Å². The zero-order chi connectivity index (χ0) is 18.7. The fraction of sp³-hybridized carbons (Fsp3) is 0.526. The lowest BCUT2D eigenvalue weighted by molar-refractivity contribution is -0.135. The Morgan fingerprint density at radius 2 is 2.00 bits per heavy atom. The Morgan fingerprint density at radius 1 is 1.31 bits per heavy atom. The molecule has 4 amide bonds. The molecule has 26 heavy (non-hydrogen) atoms. The molecular weight excluding hydrogens is 350 g/mol. The first-order valence-corrected chi connectivity index (χ1v) is 10.3. The van der Waals surface area contributed by atoms with Crippen molar-refractivity contribution in [1.29, 1.82) is 0 Å². The van der Waals surface area contributed by atoms with Crippen LogP contribution in [0.15, 0.2) is 29.2 Å². The number of anilines is 1. The number of nitrogens with zero attached hydrogens (tertiary/aromatic N) is 1. The van der Waals surface area contributed by atoms with Gasteiger partial charge in [0.15, 0.2) is 0 Å². The molecule has 0 radical (unpaired) electrons. The number of rotatable bonds is 5. The zero-order valence-electron chi connectivity index (χ0n) is 15.2. The number of thioether (sulfide) groups is 1. The second-order valence-corrected chi connectivity index (χ2v) is 7.85. The number of urea groups is 1. The Balaban J connectivity index is 1.65. The lowest BCUT2D eigenvalue weighted by Gasteiger charge is -2.34. The van der Waals surface area contributed by atoms with Gasteiger partial charge in [0.25, 0.3) is 5.91 Å². The highest BCUT2D eigenvalue weighted by Crippen LogP contribution is 2.37. The van der Waals surface area contributed by atoms with Crippen LogP contribution in [0.1, 0.15) is 39.0 Å². The number of carbonyl (C=O) groups excluding carboxylic acids is 3. The highest BCUT2D eigenvalue weighted by Gasteiger charge is 2.52. The minimum absolute atomic E-state index is 0.258. The molecule has 140 valence electrons. The Kier molecular flexibility index (Phi) is 5.55. The maximum Gasteiger partial charge on any atom is 0.325 e. The molecule has 2 aliphatic rings. The van der Waals surface area contributed by atoms with Crippen LogP contribution < -0.4 is 10.6 Å². The number of amides is 4. The van der Waals surface area contributed by atoms with Crippen molar-refractivity contribution >= 4 is 35.3 Å². The number of nitrogens with one attached hydrogen (secondary N) is 2. The fourth-order valence-corrected chi connectivity index (χ4v) is 4.37. The molecule has 6 nitrogen and oxygen atoms in total. The van der Waals surface area contributed by atoms with Crippen molar-refractivity contribution in [2.45, 2.75) is 49.5 Å². The summed E-state index contributed by atoms with van der Waals surface area (Å²) in [7, 11) is 0. The van der Waals surface area contributed by atoms with E-state index in [1.807, 2.05) is 30.5 Å². The highest BCUT2D eigenvalue weighted by atomic mass is 32.2. The molecule has 0 atom stereocenters. The smallest absolute Gasteiger partial charge is 0.324 e. The molecule has 7 heteroatoms. The van der Waals surface area contributed by atoms with Gasteiger partial charge in [-0.1, -0.05) is 25.5 Å². The van der Waals surface area contributed by atoms with Gasteiger partial charge in [-0.3, -0.25) is 14.5 Å². The Hall–Kier alpha value is -2.02. The monoisotopic (exact) mass is 375 g/mol. The van der Waals surface area contributed by atoms with E-state index in [-0.39, 0.29) is 18.4 Å². The van der Waals surface area contributed by atoms with Crippen LogP contribution in [-0.2, 0) is 9.59 Å². The molecular formula is C19H25N3O3S. The summed E-state index contributed by atoms with van der Waals surface area (Å²) >= 11 is 1.53. The van der Waals surface area contributed by atoms with Crippen molar-refractivity contribution in [3.63, 3.8) is 0 Å². The highest BCUT2D eigenvalue weighted by molar-refractivity contribution is 7.98. The molecule has 1 aliphatic carbocycles. The Bertz CT molecular complexity index is 714. The molecule has 1 saturated heterocycles. The van der Waals surface area contributed by atoms with Gasteiger partial charge < -0.3 is 10.6 Å². The van der Waals surface area contributed by atoms with Crippen LogP contribution in [0, 0.1) is 5.92 Å². The maximum atomic E-state index is 12.9. The molecule has 2 N–H and O–H groups in total. The van der Waals surface area contributed by atoms with Gasteiger partial charge in [0.2, 0.25) is 5.91 Å². The molecule has 2 fully saturated rings. The second kappa shape index (κ2) is 7.70. The van der Waals surface area contributed by atoms with Crippen molar-refractivity contribution in [2.75, 3.05) is 18.1 Å². The quantitative estimate of drug-likeness (QED) is 0.612. The molecule has 1 aromatic carbocycles. The fourth-order valence-electron chi connectivity index (χ4n) is 3.82. The van der Waals surface area contributed by atoms with Crippen molar-refractivity contribution in [2.24, 2.45) is 5.92 Å². The number of hydrogen-bond acceptors (Lipinski definition) is 4. The second-order valence-electron chi connectivity index (χ2n) is 7.00. The van der Waals surface area contributed by atoms with E-state index in [2.05, 4.69) is 17.6 Å². The molecule has 0 aromatic heterocycles. The normalized spacial score (nSPS) is 25.5. The van der Waals surface area contributed by atoms with E-state index < -0.39 is 11.6 Å². The van der Waals surface area contributed by atoms with Crippen LogP contribution in [-0.4, -0.2) is 41.1 Å². The maximum absolute atomic E-state index is 12.9. The molecule has 0 unspecified atom stereocenters. The van der Waals surface area contributed by atoms with Gasteiger partial charge in [0.1, 0.15) is 12.1 Å². The summed E-state index contributed by atoms with van der Waals surface area (Å²) < 4.78 is 0. The largest absolute Gasteiger partial charge is 0.325 e. The van der Waals surface area contributed by atoms with Gasteiger partial charge in [-0.25, -0.2) is 4.79 Å². The summed E-state index contributed by atoms with van der Waals surface area (Å²) in [4.78, 5) is 39.6. The predicted octanol–water partition coefficient (Wildman–Crippen LogP) is 3.24. The van der Waals surface area contributed by atoms with E-state index >= 15 is 0 Å². The summed E-state index contributed by atoms with van der Waals surface area (Å²) in [6.45, 7) is 1.90. The van der Waals surface area contributed by atoms with Crippen LogP contribution in [0.5, 0.6) is 0 Å².